The first kappa shape index (κ1) is 18.8. The monoisotopic (exact) mass is 384 g/mol. The van der Waals surface area contributed by atoms with Gasteiger partial charge in [0.15, 0.2) is 5.16 Å². The van der Waals surface area contributed by atoms with E-state index in [1.54, 1.807) is 12.1 Å². The molecule has 3 aromatic rings. The highest BCUT2D eigenvalue weighted by Crippen LogP contribution is 2.13. The van der Waals surface area contributed by atoms with Gasteiger partial charge < -0.3 is 5.32 Å². The fourth-order valence-electron chi connectivity index (χ4n) is 2.29. The molecule has 0 saturated heterocycles. The SMILES string of the molecule is Cc1ccc(NC(=O)CSc2nnc(Cc3ccc(F)cc3)c(=O)[nH]2)cc1. The third-order valence-electron chi connectivity index (χ3n) is 3.70. The van der Waals surface area contributed by atoms with Crippen LogP contribution in [0, 0.1) is 12.7 Å². The molecule has 0 spiro atoms. The number of carbonyl (C=O) groups is 1. The lowest BCUT2D eigenvalue weighted by Gasteiger charge is -2.05. The number of H-pyrrole nitrogens is 1. The molecular formula is C19H17FN4O2S. The zero-order valence-corrected chi connectivity index (χ0v) is 15.3. The van der Waals surface area contributed by atoms with Crippen molar-refractivity contribution in [2.75, 3.05) is 11.1 Å². The van der Waals surface area contributed by atoms with Crippen molar-refractivity contribution in [3.8, 4) is 0 Å². The van der Waals surface area contributed by atoms with Crippen molar-refractivity contribution in [3.05, 3.63) is 81.5 Å². The summed E-state index contributed by atoms with van der Waals surface area (Å²) in [6.45, 7) is 1.97. The molecule has 0 bridgehead atoms. The predicted octanol–water partition coefficient (Wildman–Crippen LogP) is 2.93. The van der Waals surface area contributed by atoms with Gasteiger partial charge in [-0.25, -0.2) is 4.39 Å². The zero-order valence-electron chi connectivity index (χ0n) is 14.5. The first-order chi connectivity index (χ1) is 13.0. The summed E-state index contributed by atoms with van der Waals surface area (Å²) in [5, 5.41) is 10.9. The number of halogens is 1. The molecule has 3 rings (SSSR count). The minimum absolute atomic E-state index is 0.0931. The van der Waals surface area contributed by atoms with Gasteiger partial charge in [0.2, 0.25) is 5.91 Å². The molecule has 2 N–H and O–H groups in total. The number of amides is 1. The number of aryl methyl sites for hydroxylation is 1. The molecule has 1 aromatic heterocycles. The molecule has 0 aliphatic carbocycles. The molecule has 8 heteroatoms. The van der Waals surface area contributed by atoms with Gasteiger partial charge in [0.05, 0.1) is 5.75 Å². The summed E-state index contributed by atoms with van der Waals surface area (Å²) in [5.74, 6) is -0.452. The summed E-state index contributed by atoms with van der Waals surface area (Å²) in [4.78, 5) is 26.7. The average Bonchev–Trinajstić information content (AvgIpc) is 2.66. The number of hydrogen-bond donors (Lipinski definition) is 2. The maximum absolute atomic E-state index is 12.9. The van der Waals surface area contributed by atoms with E-state index in [4.69, 9.17) is 0 Å². The lowest BCUT2D eigenvalue weighted by Crippen LogP contribution is -2.19. The predicted molar refractivity (Wildman–Crippen MR) is 102 cm³/mol. The van der Waals surface area contributed by atoms with Crippen LogP contribution in [0.4, 0.5) is 10.1 Å². The normalized spacial score (nSPS) is 10.6. The third kappa shape index (κ3) is 5.49. The largest absolute Gasteiger partial charge is 0.325 e. The van der Waals surface area contributed by atoms with Crippen LogP contribution in [0.3, 0.4) is 0 Å². The van der Waals surface area contributed by atoms with Crippen molar-refractivity contribution >= 4 is 23.4 Å². The summed E-state index contributed by atoms with van der Waals surface area (Å²) < 4.78 is 12.9. The van der Waals surface area contributed by atoms with Crippen LogP contribution < -0.4 is 10.9 Å². The number of anilines is 1. The highest BCUT2D eigenvalue weighted by Gasteiger charge is 2.09. The Morgan fingerprint density at radius 2 is 1.81 bits per heavy atom. The van der Waals surface area contributed by atoms with E-state index >= 15 is 0 Å². The molecule has 0 unspecified atom stereocenters. The topological polar surface area (TPSA) is 87.7 Å². The van der Waals surface area contributed by atoms with Crippen LogP contribution in [0.25, 0.3) is 0 Å². The van der Waals surface area contributed by atoms with E-state index in [9.17, 15) is 14.0 Å². The highest BCUT2D eigenvalue weighted by molar-refractivity contribution is 7.99. The lowest BCUT2D eigenvalue weighted by atomic mass is 10.1. The number of thioether (sulfide) groups is 1. The summed E-state index contributed by atoms with van der Waals surface area (Å²) >= 11 is 1.09. The fraction of sp³-hybridized carbons (Fsp3) is 0.158. The Kier molecular flexibility index (Phi) is 5.97. The van der Waals surface area contributed by atoms with Crippen LogP contribution >= 0.6 is 11.8 Å². The van der Waals surface area contributed by atoms with Crippen LogP contribution in [0.15, 0.2) is 58.5 Å². The van der Waals surface area contributed by atoms with Crippen molar-refractivity contribution < 1.29 is 9.18 Å². The van der Waals surface area contributed by atoms with Gasteiger partial charge in [-0.2, -0.15) is 0 Å². The number of carbonyl (C=O) groups excluding carboxylic acids is 1. The minimum Gasteiger partial charge on any atom is -0.325 e. The van der Waals surface area contributed by atoms with Crippen LogP contribution in [-0.4, -0.2) is 26.8 Å². The summed E-state index contributed by atoms with van der Waals surface area (Å²) in [6, 6.07) is 13.3. The van der Waals surface area contributed by atoms with Crippen molar-refractivity contribution in [3.63, 3.8) is 0 Å². The molecule has 0 saturated carbocycles. The van der Waals surface area contributed by atoms with Crippen LogP contribution in [0.1, 0.15) is 16.8 Å². The third-order valence-corrected chi connectivity index (χ3v) is 4.57. The number of benzene rings is 2. The van der Waals surface area contributed by atoms with E-state index in [1.165, 1.54) is 12.1 Å². The van der Waals surface area contributed by atoms with E-state index in [1.807, 2.05) is 31.2 Å². The molecule has 1 amide bonds. The summed E-state index contributed by atoms with van der Waals surface area (Å²) in [7, 11) is 0. The van der Waals surface area contributed by atoms with E-state index in [0.717, 1.165) is 22.9 Å². The number of nitrogens with zero attached hydrogens (tertiary/aromatic N) is 2. The number of aromatic nitrogens is 3. The molecule has 0 fully saturated rings. The number of nitrogens with one attached hydrogen (secondary N) is 2. The Labute approximate surface area is 159 Å². The molecule has 27 heavy (non-hydrogen) atoms. The van der Waals surface area contributed by atoms with Gasteiger partial charge in [-0.15, -0.1) is 10.2 Å². The lowest BCUT2D eigenvalue weighted by molar-refractivity contribution is -0.113. The molecule has 0 radical (unpaired) electrons. The second-order valence-electron chi connectivity index (χ2n) is 5.91. The van der Waals surface area contributed by atoms with E-state index in [0.29, 0.717) is 5.69 Å². The van der Waals surface area contributed by atoms with Gasteiger partial charge in [-0.05, 0) is 36.8 Å². The van der Waals surface area contributed by atoms with E-state index < -0.39 is 0 Å². The van der Waals surface area contributed by atoms with Gasteiger partial charge in [-0.1, -0.05) is 41.6 Å². The first-order valence-electron chi connectivity index (χ1n) is 8.19. The molecule has 6 nitrogen and oxygen atoms in total. The van der Waals surface area contributed by atoms with Crippen molar-refractivity contribution in [2.45, 2.75) is 18.5 Å². The Morgan fingerprint density at radius 3 is 2.48 bits per heavy atom. The Balaban J connectivity index is 1.57. The average molecular weight is 384 g/mol. The number of rotatable bonds is 6. The highest BCUT2D eigenvalue weighted by atomic mass is 32.2. The molecule has 0 atom stereocenters. The molecule has 2 aromatic carbocycles. The Morgan fingerprint density at radius 1 is 1.11 bits per heavy atom. The molecule has 0 aliphatic heterocycles. The first-order valence-corrected chi connectivity index (χ1v) is 9.18. The number of aromatic amines is 1. The smallest absolute Gasteiger partial charge is 0.273 e. The van der Waals surface area contributed by atoms with E-state index in [-0.39, 0.29) is 40.3 Å². The standard InChI is InChI=1S/C19H17FN4O2S/c1-12-2-8-15(9-3-12)21-17(25)11-27-19-22-18(26)16(23-24-19)10-13-4-6-14(20)7-5-13/h2-9H,10-11H2,1H3,(H,21,25)(H,22,24,26). The number of hydrogen-bond acceptors (Lipinski definition) is 5. The maximum atomic E-state index is 12.9. The van der Waals surface area contributed by atoms with Crippen LogP contribution in [0.2, 0.25) is 0 Å². The zero-order chi connectivity index (χ0) is 19.2. The second kappa shape index (κ2) is 8.59. The summed E-state index contributed by atoms with van der Waals surface area (Å²) in [6.07, 6.45) is 0.251. The molecule has 0 aliphatic rings. The maximum Gasteiger partial charge on any atom is 0.273 e. The molecule has 1 heterocycles. The van der Waals surface area contributed by atoms with Crippen molar-refractivity contribution in [2.24, 2.45) is 0 Å². The van der Waals surface area contributed by atoms with Gasteiger partial charge in [0.1, 0.15) is 11.5 Å². The fourth-order valence-corrected chi connectivity index (χ4v) is 2.89. The van der Waals surface area contributed by atoms with Crippen molar-refractivity contribution in [1.29, 1.82) is 0 Å². The molecular weight excluding hydrogens is 367 g/mol. The summed E-state index contributed by atoms with van der Waals surface area (Å²) in [5.41, 5.74) is 2.43. The Hall–Kier alpha value is -3.00. The van der Waals surface area contributed by atoms with Gasteiger partial charge in [0, 0.05) is 12.1 Å². The van der Waals surface area contributed by atoms with Gasteiger partial charge in [0.25, 0.3) is 5.56 Å². The Bertz CT molecular complexity index is 988. The molecule has 138 valence electrons. The van der Waals surface area contributed by atoms with Gasteiger partial charge >= 0.3 is 0 Å². The second-order valence-corrected chi connectivity index (χ2v) is 6.88. The van der Waals surface area contributed by atoms with Crippen LogP contribution in [0.5, 0.6) is 0 Å². The van der Waals surface area contributed by atoms with Crippen LogP contribution in [-0.2, 0) is 11.2 Å². The quantitative estimate of drug-likeness (QED) is 0.638. The van der Waals surface area contributed by atoms with Gasteiger partial charge in [-0.3, -0.25) is 14.6 Å². The van der Waals surface area contributed by atoms with Crippen molar-refractivity contribution in [1.82, 2.24) is 15.2 Å². The minimum atomic E-state index is -0.379. The van der Waals surface area contributed by atoms with E-state index in [2.05, 4.69) is 20.5 Å².